The molecule has 0 bridgehead atoms. The molecule has 0 radical (unpaired) electrons. The van der Waals surface area contributed by atoms with Crippen molar-refractivity contribution in [2.24, 2.45) is 0 Å². The van der Waals surface area contributed by atoms with Crippen LogP contribution in [-0.2, 0) is 16.1 Å². The van der Waals surface area contributed by atoms with Gasteiger partial charge in [0.15, 0.2) is 11.5 Å². The number of nitrogens with one attached hydrogen (secondary N) is 1. The number of carbonyl (C=O) groups is 2. The zero-order valence-corrected chi connectivity index (χ0v) is 20.5. The van der Waals surface area contributed by atoms with Crippen LogP contribution in [0.1, 0.15) is 11.1 Å². The van der Waals surface area contributed by atoms with Gasteiger partial charge >= 0.3 is 0 Å². The molecule has 7 heteroatoms. The molecule has 4 rings (SSSR count). The summed E-state index contributed by atoms with van der Waals surface area (Å²) in [6, 6.07) is 25.0. The molecule has 0 fully saturated rings. The molecule has 0 aromatic heterocycles. The number of fused-ring (bicyclic) bond motifs is 1. The predicted molar refractivity (Wildman–Crippen MR) is 137 cm³/mol. The van der Waals surface area contributed by atoms with Crippen LogP contribution in [0.2, 0.25) is 0 Å². The molecule has 0 atom stereocenters. The Hall–Kier alpha value is -3.42. The predicted octanol–water partition coefficient (Wildman–Crippen LogP) is 4.46. The maximum atomic E-state index is 13.2. The Morgan fingerprint density at radius 3 is 2.62 bits per heavy atom. The van der Waals surface area contributed by atoms with Gasteiger partial charge in [-0.2, -0.15) is 0 Å². The van der Waals surface area contributed by atoms with Crippen LogP contribution in [-0.4, -0.2) is 43.4 Å². The number of para-hydroxylation sites is 2. The number of hydrogen-bond acceptors (Lipinski definition) is 4. The van der Waals surface area contributed by atoms with E-state index in [1.165, 1.54) is 10.5 Å². The largest absolute Gasteiger partial charge is 0.449 e. The van der Waals surface area contributed by atoms with Crippen molar-refractivity contribution in [1.29, 1.82) is 0 Å². The average Bonchev–Trinajstić information content (AvgIpc) is 2.82. The van der Waals surface area contributed by atoms with E-state index >= 15 is 0 Å². The van der Waals surface area contributed by atoms with Crippen molar-refractivity contribution < 1.29 is 14.3 Å². The SMILES string of the molecule is CN(CCNC(=O)CN1C(=O)/C(=C\c2cccc(Br)c2)Oc2ccccc21)Cc1ccccc1. The minimum Gasteiger partial charge on any atom is -0.449 e. The summed E-state index contributed by atoms with van der Waals surface area (Å²) in [5, 5.41) is 2.93. The van der Waals surface area contributed by atoms with Crippen molar-refractivity contribution in [2.45, 2.75) is 6.54 Å². The smallest absolute Gasteiger partial charge is 0.294 e. The summed E-state index contributed by atoms with van der Waals surface area (Å²) in [6.45, 7) is 1.90. The van der Waals surface area contributed by atoms with Crippen LogP contribution in [0.25, 0.3) is 6.08 Å². The highest BCUT2D eigenvalue weighted by molar-refractivity contribution is 9.10. The number of halogens is 1. The Labute approximate surface area is 208 Å². The maximum absolute atomic E-state index is 13.2. The van der Waals surface area contributed by atoms with Crippen molar-refractivity contribution >= 4 is 39.5 Å². The molecule has 1 aliphatic rings. The number of likely N-dealkylation sites (N-methyl/N-ethyl adjacent to an activating group) is 1. The number of anilines is 1. The van der Waals surface area contributed by atoms with Crippen LogP contribution >= 0.6 is 15.9 Å². The third kappa shape index (κ3) is 6.12. The average molecular weight is 520 g/mol. The van der Waals surface area contributed by atoms with E-state index in [2.05, 4.69) is 38.3 Å². The maximum Gasteiger partial charge on any atom is 0.294 e. The molecular formula is C27H26BrN3O3. The van der Waals surface area contributed by atoms with E-state index in [9.17, 15) is 9.59 Å². The Kier molecular flexibility index (Phi) is 7.77. The molecule has 2 amide bonds. The molecule has 0 aliphatic carbocycles. The van der Waals surface area contributed by atoms with Gasteiger partial charge in [0.05, 0.1) is 5.69 Å². The fourth-order valence-electron chi connectivity index (χ4n) is 3.73. The van der Waals surface area contributed by atoms with Crippen LogP contribution < -0.4 is 15.0 Å². The van der Waals surface area contributed by atoms with Gasteiger partial charge in [0.2, 0.25) is 5.91 Å². The van der Waals surface area contributed by atoms with Gasteiger partial charge in [0.1, 0.15) is 6.54 Å². The number of rotatable bonds is 8. The second-order valence-corrected chi connectivity index (χ2v) is 9.01. The Bertz CT molecular complexity index is 1200. The first-order chi connectivity index (χ1) is 16.5. The van der Waals surface area contributed by atoms with Gasteiger partial charge in [0, 0.05) is 24.1 Å². The molecule has 3 aromatic carbocycles. The van der Waals surface area contributed by atoms with Gasteiger partial charge in [-0.1, -0.05) is 70.5 Å². The van der Waals surface area contributed by atoms with Crippen LogP contribution in [0.5, 0.6) is 5.75 Å². The van der Waals surface area contributed by atoms with Gasteiger partial charge in [-0.05, 0) is 48.5 Å². The minimum absolute atomic E-state index is 0.0859. The molecular weight excluding hydrogens is 494 g/mol. The van der Waals surface area contributed by atoms with Crippen molar-refractivity contribution in [2.75, 3.05) is 31.6 Å². The first kappa shape index (κ1) is 23.7. The van der Waals surface area contributed by atoms with E-state index < -0.39 is 0 Å². The molecule has 1 N–H and O–H groups in total. The third-order valence-corrected chi connectivity index (χ3v) is 5.88. The van der Waals surface area contributed by atoms with Crippen molar-refractivity contribution in [3.63, 3.8) is 0 Å². The molecule has 1 heterocycles. The highest BCUT2D eigenvalue weighted by Gasteiger charge is 2.31. The lowest BCUT2D eigenvalue weighted by molar-refractivity contribution is -0.123. The summed E-state index contributed by atoms with van der Waals surface area (Å²) in [5.41, 5.74) is 2.62. The molecule has 3 aromatic rings. The van der Waals surface area contributed by atoms with Crippen molar-refractivity contribution in [1.82, 2.24) is 10.2 Å². The first-order valence-corrected chi connectivity index (χ1v) is 11.8. The zero-order chi connectivity index (χ0) is 23.9. The number of ether oxygens (including phenoxy) is 1. The summed E-state index contributed by atoms with van der Waals surface area (Å²) < 4.78 is 6.79. The van der Waals surface area contributed by atoms with Crippen LogP contribution in [0.3, 0.4) is 0 Å². The molecule has 34 heavy (non-hydrogen) atoms. The summed E-state index contributed by atoms with van der Waals surface area (Å²) in [7, 11) is 2.01. The first-order valence-electron chi connectivity index (χ1n) is 11.0. The number of hydrogen-bond donors (Lipinski definition) is 1. The van der Waals surface area contributed by atoms with E-state index in [-0.39, 0.29) is 24.1 Å². The van der Waals surface area contributed by atoms with Gasteiger partial charge in [0.25, 0.3) is 5.91 Å². The van der Waals surface area contributed by atoms with E-state index in [1.54, 1.807) is 18.2 Å². The lowest BCUT2D eigenvalue weighted by atomic mass is 10.1. The van der Waals surface area contributed by atoms with Gasteiger partial charge < -0.3 is 15.0 Å². The summed E-state index contributed by atoms with van der Waals surface area (Å²) >= 11 is 3.44. The van der Waals surface area contributed by atoms with E-state index in [4.69, 9.17) is 4.74 Å². The van der Waals surface area contributed by atoms with Crippen LogP contribution in [0, 0.1) is 0 Å². The fourth-order valence-corrected chi connectivity index (χ4v) is 4.14. The minimum atomic E-state index is -0.352. The van der Waals surface area contributed by atoms with Gasteiger partial charge in [-0.3, -0.25) is 14.5 Å². The number of carbonyl (C=O) groups excluding carboxylic acids is 2. The van der Waals surface area contributed by atoms with Crippen LogP contribution in [0.15, 0.2) is 89.1 Å². The van der Waals surface area contributed by atoms with Crippen molar-refractivity contribution in [3.05, 3.63) is 100 Å². The van der Waals surface area contributed by atoms with Crippen LogP contribution in [0.4, 0.5) is 5.69 Å². The summed E-state index contributed by atoms with van der Waals surface area (Å²) in [6.07, 6.45) is 1.69. The number of amides is 2. The third-order valence-electron chi connectivity index (χ3n) is 5.39. The van der Waals surface area contributed by atoms with E-state index in [1.807, 2.05) is 61.6 Å². The normalized spacial score (nSPS) is 14.1. The molecule has 0 saturated carbocycles. The Morgan fingerprint density at radius 1 is 1.06 bits per heavy atom. The molecule has 174 valence electrons. The van der Waals surface area contributed by atoms with E-state index in [0.29, 0.717) is 24.5 Å². The Balaban J connectivity index is 1.40. The molecule has 0 unspecified atom stereocenters. The topological polar surface area (TPSA) is 61.9 Å². The van der Waals surface area contributed by atoms with Gasteiger partial charge in [-0.25, -0.2) is 0 Å². The molecule has 1 aliphatic heterocycles. The molecule has 0 saturated heterocycles. The standard InChI is InChI=1S/C27H26BrN3O3/c1-30(18-20-8-3-2-4-9-20)15-14-29-26(32)19-31-23-12-5-6-13-24(23)34-25(27(31)33)17-21-10-7-11-22(28)16-21/h2-13,16-17H,14-15,18-19H2,1H3,(H,29,32)/b25-17+. The lowest BCUT2D eigenvalue weighted by Crippen LogP contribution is -2.45. The summed E-state index contributed by atoms with van der Waals surface area (Å²) in [4.78, 5) is 29.6. The second-order valence-electron chi connectivity index (χ2n) is 8.10. The number of nitrogens with zero attached hydrogens (tertiary/aromatic N) is 2. The second kappa shape index (κ2) is 11.1. The number of benzene rings is 3. The summed E-state index contributed by atoms with van der Waals surface area (Å²) in [5.74, 6) is 0.140. The quantitative estimate of drug-likeness (QED) is 0.446. The highest BCUT2D eigenvalue weighted by atomic mass is 79.9. The highest BCUT2D eigenvalue weighted by Crippen LogP contribution is 2.35. The Morgan fingerprint density at radius 2 is 1.82 bits per heavy atom. The monoisotopic (exact) mass is 519 g/mol. The zero-order valence-electron chi connectivity index (χ0n) is 18.9. The van der Waals surface area contributed by atoms with Gasteiger partial charge in [-0.15, -0.1) is 0 Å². The lowest BCUT2D eigenvalue weighted by Gasteiger charge is -2.30. The van der Waals surface area contributed by atoms with Crippen molar-refractivity contribution in [3.8, 4) is 5.75 Å². The fraction of sp³-hybridized carbons (Fsp3) is 0.185. The molecule has 6 nitrogen and oxygen atoms in total. The molecule has 0 spiro atoms. The van der Waals surface area contributed by atoms with E-state index in [0.717, 1.165) is 16.6 Å².